The van der Waals surface area contributed by atoms with Gasteiger partial charge in [-0.3, -0.25) is 4.79 Å². The smallest absolute Gasteiger partial charge is 0.257 e. The number of fused-ring (bicyclic) bond motifs is 3. The number of nitrogens with zero attached hydrogens (tertiary/aromatic N) is 1. The number of H-pyrrole nitrogens is 1. The fraction of sp³-hybridized carbons (Fsp3) is 0.125. The lowest BCUT2D eigenvalue weighted by Crippen LogP contribution is -2.41. The van der Waals surface area contributed by atoms with Crippen LogP contribution in [0, 0.1) is 5.82 Å². The zero-order valence-corrected chi connectivity index (χ0v) is 15.2. The molecule has 138 valence electrons. The molecule has 3 aromatic carbocycles. The van der Waals surface area contributed by atoms with Crippen LogP contribution < -0.4 is 0 Å². The maximum Gasteiger partial charge on any atom is 0.257 e. The number of rotatable bonds is 2. The Morgan fingerprint density at radius 2 is 1.64 bits per heavy atom. The van der Waals surface area contributed by atoms with Gasteiger partial charge in [0.15, 0.2) is 0 Å². The zero-order valence-electron chi connectivity index (χ0n) is 15.2. The molecule has 1 aliphatic heterocycles. The van der Waals surface area contributed by atoms with Crippen molar-refractivity contribution in [2.24, 2.45) is 0 Å². The molecule has 0 aliphatic carbocycles. The van der Waals surface area contributed by atoms with Crippen LogP contribution in [0.1, 0.15) is 33.2 Å². The summed E-state index contributed by atoms with van der Waals surface area (Å²) in [5.74, 6) is -0.766. The Hall–Kier alpha value is -3.40. The number of nitrogens with one attached hydrogen (secondary N) is 1. The maximum atomic E-state index is 14.3. The number of carbonyl (C=O) groups excluding carboxylic acids is 1. The summed E-state index contributed by atoms with van der Waals surface area (Å²) in [4.78, 5) is 18.6. The highest BCUT2D eigenvalue weighted by atomic mass is 19.1. The number of para-hydroxylation sites is 1. The first kappa shape index (κ1) is 16.8. The van der Waals surface area contributed by atoms with Gasteiger partial charge >= 0.3 is 0 Å². The highest BCUT2D eigenvalue weighted by Gasteiger charge is 2.35. The molecule has 0 radical (unpaired) electrons. The third-order valence-electron chi connectivity index (χ3n) is 5.51. The lowest BCUT2D eigenvalue weighted by Gasteiger charge is -2.36. The van der Waals surface area contributed by atoms with Gasteiger partial charge in [-0.25, -0.2) is 4.39 Å². The highest BCUT2D eigenvalue weighted by Crippen LogP contribution is 2.39. The quantitative estimate of drug-likeness (QED) is 0.524. The van der Waals surface area contributed by atoms with E-state index in [4.69, 9.17) is 0 Å². The van der Waals surface area contributed by atoms with Gasteiger partial charge in [0.05, 0.1) is 11.6 Å². The third kappa shape index (κ3) is 2.61. The van der Waals surface area contributed by atoms with Gasteiger partial charge in [0.2, 0.25) is 0 Å². The SMILES string of the molecule is O=C(c1ccccc1F)N1CCc2c([nH]c3ccccc23)[C@H]1c1ccccc1. The topological polar surface area (TPSA) is 36.1 Å². The minimum atomic E-state index is -0.484. The number of amides is 1. The van der Waals surface area contributed by atoms with E-state index >= 15 is 0 Å². The second-order valence-corrected chi connectivity index (χ2v) is 7.10. The summed E-state index contributed by atoms with van der Waals surface area (Å²) < 4.78 is 14.3. The lowest BCUT2D eigenvalue weighted by molar-refractivity contribution is 0.0687. The van der Waals surface area contributed by atoms with Crippen molar-refractivity contribution >= 4 is 16.8 Å². The van der Waals surface area contributed by atoms with E-state index in [0.29, 0.717) is 6.54 Å². The van der Waals surface area contributed by atoms with Crippen LogP contribution in [-0.4, -0.2) is 22.3 Å². The number of carbonyl (C=O) groups is 1. The van der Waals surface area contributed by atoms with E-state index in [1.165, 1.54) is 17.0 Å². The lowest BCUT2D eigenvalue weighted by atomic mass is 9.91. The van der Waals surface area contributed by atoms with Crippen molar-refractivity contribution in [2.45, 2.75) is 12.5 Å². The van der Waals surface area contributed by atoms with Crippen LogP contribution in [0.2, 0.25) is 0 Å². The molecule has 0 bridgehead atoms. The standard InChI is InChI=1S/C24H19FN2O/c25-20-12-6-4-11-19(20)24(28)27-15-14-18-17-10-5-7-13-21(17)26-22(18)23(27)16-8-2-1-3-9-16/h1-13,23,26H,14-15H2/t23-/m1/s1. The van der Waals surface area contributed by atoms with Gasteiger partial charge < -0.3 is 9.88 Å². The molecule has 1 aromatic heterocycles. The molecule has 3 nitrogen and oxygen atoms in total. The Kier molecular flexibility index (Phi) is 3.97. The number of halogens is 1. The number of aromatic nitrogens is 1. The van der Waals surface area contributed by atoms with Gasteiger partial charge in [0.1, 0.15) is 5.82 Å². The van der Waals surface area contributed by atoms with Gasteiger partial charge in [-0.2, -0.15) is 0 Å². The van der Waals surface area contributed by atoms with Crippen LogP contribution in [0.15, 0.2) is 78.9 Å². The molecule has 28 heavy (non-hydrogen) atoms. The molecule has 0 fully saturated rings. The van der Waals surface area contributed by atoms with Crippen molar-refractivity contribution in [1.29, 1.82) is 0 Å². The van der Waals surface area contributed by atoms with E-state index in [1.807, 2.05) is 42.5 Å². The number of benzene rings is 3. The summed E-state index contributed by atoms with van der Waals surface area (Å²) in [7, 11) is 0. The van der Waals surface area contributed by atoms with E-state index in [-0.39, 0.29) is 17.5 Å². The van der Waals surface area contributed by atoms with Crippen molar-refractivity contribution < 1.29 is 9.18 Å². The van der Waals surface area contributed by atoms with E-state index in [1.54, 1.807) is 23.1 Å². The summed E-state index contributed by atoms with van der Waals surface area (Å²) in [6.45, 7) is 0.543. The normalized spacial score (nSPS) is 16.2. The van der Waals surface area contributed by atoms with Crippen molar-refractivity contribution in [3.05, 3.63) is 107 Å². The molecule has 0 saturated carbocycles. The van der Waals surface area contributed by atoms with Crippen molar-refractivity contribution in [3.8, 4) is 0 Å². The number of hydrogen-bond donors (Lipinski definition) is 1. The zero-order chi connectivity index (χ0) is 19.1. The monoisotopic (exact) mass is 370 g/mol. The van der Waals surface area contributed by atoms with E-state index in [2.05, 4.69) is 17.1 Å². The molecule has 1 N–H and O–H groups in total. The number of hydrogen-bond acceptors (Lipinski definition) is 1. The molecule has 0 saturated heterocycles. The predicted octanol–water partition coefficient (Wildman–Crippen LogP) is 5.09. The molecular formula is C24H19FN2O. The van der Waals surface area contributed by atoms with Gasteiger partial charge in [-0.05, 0) is 35.7 Å². The third-order valence-corrected chi connectivity index (χ3v) is 5.51. The molecule has 5 rings (SSSR count). The van der Waals surface area contributed by atoms with Crippen LogP contribution in [-0.2, 0) is 6.42 Å². The number of aromatic amines is 1. The van der Waals surface area contributed by atoms with Crippen LogP contribution in [0.3, 0.4) is 0 Å². The molecule has 4 aromatic rings. The fourth-order valence-corrected chi connectivity index (χ4v) is 4.23. The first-order valence-electron chi connectivity index (χ1n) is 9.44. The summed E-state index contributed by atoms with van der Waals surface area (Å²) in [6, 6.07) is 24.1. The second kappa shape index (κ2) is 6.64. The highest BCUT2D eigenvalue weighted by molar-refractivity contribution is 5.96. The summed E-state index contributed by atoms with van der Waals surface area (Å²) in [5.41, 5.74) is 4.45. The predicted molar refractivity (Wildman–Crippen MR) is 108 cm³/mol. The first-order valence-corrected chi connectivity index (χ1v) is 9.44. The van der Waals surface area contributed by atoms with Gasteiger partial charge in [0.25, 0.3) is 5.91 Å². The Labute approximate surface area is 162 Å². The fourth-order valence-electron chi connectivity index (χ4n) is 4.23. The van der Waals surface area contributed by atoms with E-state index in [9.17, 15) is 9.18 Å². The van der Waals surface area contributed by atoms with Crippen LogP contribution in [0.25, 0.3) is 10.9 Å². The average Bonchev–Trinajstić information content (AvgIpc) is 3.12. The van der Waals surface area contributed by atoms with Crippen LogP contribution >= 0.6 is 0 Å². The van der Waals surface area contributed by atoms with Crippen molar-refractivity contribution in [3.63, 3.8) is 0 Å². The van der Waals surface area contributed by atoms with Gasteiger partial charge in [0, 0.05) is 23.1 Å². The van der Waals surface area contributed by atoms with Gasteiger partial charge in [-0.1, -0.05) is 60.7 Å². The molecule has 1 atom stereocenters. The first-order chi connectivity index (χ1) is 13.7. The van der Waals surface area contributed by atoms with Crippen molar-refractivity contribution in [2.75, 3.05) is 6.54 Å². The molecule has 4 heteroatoms. The molecule has 0 spiro atoms. The second-order valence-electron chi connectivity index (χ2n) is 7.10. The van der Waals surface area contributed by atoms with Crippen LogP contribution in [0.4, 0.5) is 4.39 Å². The molecule has 1 amide bonds. The molecule has 2 heterocycles. The maximum absolute atomic E-state index is 14.3. The summed E-state index contributed by atoms with van der Waals surface area (Å²) in [6.07, 6.45) is 0.739. The molecule has 0 unspecified atom stereocenters. The minimum absolute atomic E-state index is 0.114. The minimum Gasteiger partial charge on any atom is -0.356 e. The van der Waals surface area contributed by atoms with Crippen molar-refractivity contribution in [1.82, 2.24) is 9.88 Å². The Morgan fingerprint density at radius 1 is 0.929 bits per heavy atom. The Morgan fingerprint density at radius 3 is 2.46 bits per heavy atom. The van der Waals surface area contributed by atoms with E-state index < -0.39 is 5.82 Å². The van der Waals surface area contributed by atoms with E-state index in [0.717, 1.165) is 23.2 Å². The largest absolute Gasteiger partial charge is 0.356 e. The molecule has 1 aliphatic rings. The van der Waals surface area contributed by atoms with Gasteiger partial charge in [-0.15, -0.1) is 0 Å². The summed E-state index contributed by atoms with van der Waals surface area (Å²) in [5, 5.41) is 1.19. The Balaban J connectivity index is 1.68. The van der Waals surface area contributed by atoms with Crippen LogP contribution in [0.5, 0.6) is 0 Å². The average molecular weight is 370 g/mol. The molecular weight excluding hydrogens is 351 g/mol. The summed E-state index contributed by atoms with van der Waals surface area (Å²) >= 11 is 0. The Bertz CT molecular complexity index is 1170.